The summed E-state index contributed by atoms with van der Waals surface area (Å²) in [6, 6.07) is 4.82. The highest BCUT2D eigenvalue weighted by atomic mass is 15.2. The highest BCUT2D eigenvalue weighted by Gasteiger charge is 2.19. The van der Waals surface area contributed by atoms with Crippen molar-refractivity contribution in [2.45, 2.75) is 51.6 Å². The zero-order chi connectivity index (χ0) is 12.1. The number of nitrogens with two attached hydrogens (primary N) is 1. The predicted molar refractivity (Wildman–Crippen MR) is 71.6 cm³/mol. The molecule has 17 heavy (non-hydrogen) atoms. The molecular weight excluding hydrogens is 210 g/mol. The molecule has 0 bridgehead atoms. The molecule has 1 unspecified atom stereocenters. The molecule has 1 aromatic heterocycles. The molecule has 94 valence electrons. The molecule has 0 spiro atoms. The van der Waals surface area contributed by atoms with Crippen molar-refractivity contribution in [3.05, 3.63) is 23.9 Å². The van der Waals surface area contributed by atoms with Crippen molar-refractivity contribution in [1.29, 1.82) is 0 Å². The third-order valence-electron chi connectivity index (χ3n) is 3.70. The largest absolute Gasteiger partial charge is 0.384 e. The molecule has 1 aliphatic rings. The van der Waals surface area contributed by atoms with Gasteiger partial charge in [0.1, 0.15) is 5.82 Å². The lowest BCUT2D eigenvalue weighted by atomic mass is 10.1. The summed E-state index contributed by atoms with van der Waals surface area (Å²) in [6.45, 7) is 4.54. The van der Waals surface area contributed by atoms with Crippen LogP contribution in [0.3, 0.4) is 0 Å². The van der Waals surface area contributed by atoms with Crippen LogP contribution in [0.2, 0.25) is 0 Å². The van der Waals surface area contributed by atoms with Crippen molar-refractivity contribution in [3.63, 3.8) is 0 Å². The molecule has 0 radical (unpaired) electrons. The summed E-state index contributed by atoms with van der Waals surface area (Å²) in [4.78, 5) is 6.66. The van der Waals surface area contributed by atoms with Crippen LogP contribution in [-0.2, 0) is 6.54 Å². The number of likely N-dealkylation sites (tertiary alicyclic amines) is 1. The first kappa shape index (κ1) is 12.4. The van der Waals surface area contributed by atoms with Gasteiger partial charge in [-0.3, -0.25) is 4.90 Å². The third kappa shape index (κ3) is 3.43. The van der Waals surface area contributed by atoms with Crippen LogP contribution in [0, 0.1) is 0 Å². The standard InChI is InChI=1S/C14H23N3/c1-2-13-6-4-3-5-9-17(13)11-12-7-8-16-14(15)10-12/h7-8,10,13H,2-6,9,11H2,1H3,(H2,15,16). The second-order valence-electron chi connectivity index (χ2n) is 4.97. The summed E-state index contributed by atoms with van der Waals surface area (Å²) in [5, 5.41) is 0. The van der Waals surface area contributed by atoms with E-state index in [1.807, 2.05) is 12.3 Å². The van der Waals surface area contributed by atoms with Crippen molar-refractivity contribution in [1.82, 2.24) is 9.88 Å². The van der Waals surface area contributed by atoms with E-state index in [1.165, 1.54) is 44.2 Å². The normalized spacial score (nSPS) is 22.3. The molecule has 2 N–H and O–H groups in total. The van der Waals surface area contributed by atoms with Crippen LogP contribution in [0.25, 0.3) is 0 Å². The number of pyridine rings is 1. The van der Waals surface area contributed by atoms with Crippen molar-refractivity contribution >= 4 is 5.82 Å². The Balaban J connectivity index is 2.04. The van der Waals surface area contributed by atoms with E-state index in [9.17, 15) is 0 Å². The van der Waals surface area contributed by atoms with E-state index < -0.39 is 0 Å². The van der Waals surface area contributed by atoms with E-state index in [-0.39, 0.29) is 0 Å². The average Bonchev–Trinajstić information content (AvgIpc) is 2.54. The van der Waals surface area contributed by atoms with E-state index in [0.717, 1.165) is 12.6 Å². The van der Waals surface area contributed by atoms with Gasteiger partial charge in [0.2, 0.25) is 0 Å². The number of rotatable bonds is 3. The second kappa shape index (κ2) is 6.01. The average molecular weight is 233 g/mol. The van der Waals surface area contributed by atoms with Crippen LogP contribution >= 0.6 is 0 Å². The highest BCUT2D eigenvalue weighted by Crippen LogP contribution is 2.21. The molecule has 2 heterocycles. The van der Waals surface area contributed by atoms with Crippen LogP contribution in [0.15, 0.2) is 18.3 Å². The number of anilines is 1. The summed E-state index contributed by atoms with van der Waals surface area (Å²) >= 11 is 0. The maximum Gasteiger partial charge on any atom is 0.123 e. The van der Waals surface area contributed by atoms with Crippen molar-refractivity contribution in [2.75, 3.05) is 12.3 Å². The number of nitrogen functional groups attached to an aromatic ring is 1. The van der Waals surface area contributed by atoms with Gasteiger partial charge in [-0.2, -0.15) is 0 Å². The van der Waals surface area contributed by atoms with Gasteiger partial charge >= 0.3 is 0 Å². The molecule has 1 aliphatic heterocycles. The van der Waals surface area contributed by atoms with Crippen molar-refractivity contribution in [2.24, 2.45) is 0 Å². The van der Waals surface area contributed by atoms with Crippen molar-refractivity contribution < 1.29 is 0 Å². The fraction of sp³-hybridized carbons (Fsp3) is 0.643. The van der Waals surface area contributed by atoms with Gasteiger partial charge in [-0.05, 0) is 43.5 Å². The number of aromatic nitrogens is 1. The van der Waals surface area contributed by atoms with Gasteiger partial charge in [0.15, 0.2) is 0 Å². The Bertz CT molecular complexity index is 351. The summed E-state index contributed by atoms with van der Waals surface area (Å²) in [7, 11) is 0. The number of hydrogen-bond donors (Lipinski definition) is 1. The van der Waals surface area contributed by atoms with Crippen LogP contribution in [0.4, 0.5) is 5.82 Å². The molecule has 0 aromatic carbocycles. The molecule has 0 amide bonds. The van der Waals surface area contributed by atoms with E-state index in [2.05, 4.69) is 22.9 Å². The van der Waals surface area contributed by atoms with E-state index in [0.29, 0.717) is 5.82 Å². The molecule has 2 rings (SSSR count). The van der Waals surface area contributed by atoms with Gasteiger partial charge < -0.3 is 5.73 Å². The third-order valence-corrected chi connectivity index (χ3v) is 3.70. The lowest BCUT2D eigenvalue weighted by Gasteiger charge is -2.29. The molecule has 1 atom stereocenters. The maximum atomic E-state index is 5.73. The minimum absolute atomic E-state index is 0.630. The first-order chi connectivity index (χ1) is 8.29. The lowest BCUT2D eigenvalue weighted by Crippen LogP contribution is -2.33. The first-order valence-corrected chi connectivity index (χ1v) is 6.74. The fourth-order valence-electron chi connectivity index (χ4n) is 2.73. The summed E-state index contributed by atoms with van der Waals surface area (Å²) in [6.07, 6.45) is 8.50. The minimum atomic E-state index is 0.630. The Morgan fingerprint density at radius 1 is 1.41 bits per heavy atom. The Labute approximate surface area is 104 Å². The summed E-state index contributed by atoms with van der Waals surface area (Å²) in [5.41, 5.74) is 7.02. The zero-order valence-electron chi connectivity index (χ0n) is 10.7. The Morgan fingerprint density at radius 3 is 3.06 bits per heavy atom. The monoisotopic (exact) mass is 233 g/mol. The Hall–Kier alpha value is -1.09. The van der Waals surface area contributed by atoms with Crippen LogP contribution in [0.5, 0.6) is 0 Å². The molecule has 0 aliphatic carbocycles. The quantitative estimate of drug-likeness (QED) is 0.873. The molecule has 3 nitrogen and oxygen atoms in total. The fourth-order valence-corrected chi connectivity index (χ4v) is 2.73. The van der Waals surface area contributed by atoms with Crippen LogP contribution in [0.1, 0.15) is 44.6 Å². The molecule has 1 saturated heterocycles. The molecular formula is C14H23N3. The van der Waals surface area contributed by atoms with Crippen molar-refractivity contribution in [3.8, 4) is 0 Å². The smallest absolute Gasteiger partial charge is 0.123 e. The Morgan fingerprint density at radius 2 is 2.29 bits per heavy atom. The van der Waals surface area contributed by atoms with Crippen LogP contribution < -0.4 is 5.73 Å². The van der Waals surface area contributed by atoms with Gasteiger partial charge in [0.05, 0.1) is 0 Å². The molecule has 1 aromatic rings. The number of nitrogens with zero attached hydrogens (tertiary/aromatic N) is 2. The topological polar surface area (TPSA) is 42.2 Å². The Kier molecular flexibility index (Phi) is 4.37. The first-order valence-electron chi connectivity index (χ1n) is 6.74. The van der Waals surface area contributed by atoms with Gasteiger partial charge in [-0.15, -0.1) is 0 Å². The number of hydrogen-bond acceptors (Lipinski definition) is 3. The zero-order valence-corrected chi connectivity index (χ0v) is 10.7. The highest BCUT2D eigenvalue weighted by molar-refractivity contribution is 5.31. The molecule has 1 fully saturated rings. The van der Waals surface area contributed by atoms with E-state index >= 15 is 0 Å². The second-order valence-corrected chi connectivity index (χ2v) is 4.97. The van der Waals surface area contributed by atoms with E-state index in [1.54, 1.807) is 0 Å². The molecule has 3 heteroatoms. The predicted octanol–water partition coefficient (Wildman–Crippen LogP) is 2.82. The van der Waals surface area contributed by atoms with Crippen LogP contribution in [-0.4, -0.2) is 22.5 Å². The maximum absolute atomic E-state index is 5.73. The summed E-state index contributed by atoms with van der Waals surface area (Å²) in [5.74, 6) is 0.630. The van der Waals surface area contributed by atoms with E-state index in [4.69, 9.17) is 5.73 Å². The minimum Gasteiger partial charge on any atom is -0.384 e. The van der Waals surface area contributed by atoms with Gasteiger partial charge in [0.25, 0.3) is 0 Å². The summed E-state index contributed by atoms with van der Waals surface area (Å²) < 4.78 is 0. The van der Waals surface area contributed by atoms with Gasteiger partial charge in [0, 0.05) is 18.8 Å². The lowest BCUT2D eigenvalue weighted by molar-refractivity contribution is 0.186. The molecule has 0 saturated carbocycles. The van der Waals surface area contributed by atoms with Gasteiger partial charge in [-0.25, -0.2) is 4.98 Å². The van der Waals surface area contributed by atoms with Gasteiger partial charge in [-0.1, -0.05) is 19.8 Å². The SMILES string of the molecule is CCC1CCCCCN1Cc1ccnc(N)c1.